The molecule has 1 aliphatic heterocycles. The van der Waals surface area contributed by atoms with Gasteiger partial charge >= 0.3 is 11.9 Å². The number of aliphatic carboxylic acids is 1. The number of alkyl halides is 2. The fourth-order valence-corrected chi connectivity index (χ4v) is 4.06. The number of carboxylic acid groups (broad SMARTS) is 1. The van der Waals surface area contributed by atoms with Gasteiger partial charge in [0, 0.05) is 18.5 Å². The molecule has 1 atom stereocenters. The van der Waals surface area contributed by atoms with Crippen molar-refractivity contribution in [2.45, 2.75) is 31.3 Å². The maximum absolute atomic E-state index is 15.2. The molecule has 4 rings (SSSR count). The Hall–Kier alpha value is -3.98. The Balaban J connectivity index is 1.44. The molecule has 38 heavy (non-hydrogen) atoms. The van der Waals surface area contributed by atoms with Gasteiger partial charge in [-0.2, -0.15) is 8.78 Å². The molecule has 1 N–H and O–H groups in total. The van der Waals surface area contributed by atoms with Crippen LogP contribution in [0, 0.1) is 5.82 Å². The second-order valence-electron chi connectivity index (χ2n) is 9.04. The molecular formula is C29H28F3NO5. The van der Waals surface area contributed by atoms with E-state index in [9.17, 15) is 9.18 Å². The zero-order chi connectivity index (χ0) is 27.1. The van der Waals surface area contributed by atoms with Crippen LogP contribution in [0.2, 0.25) is 0 Å². The number of halogens is 3. The summed E-state index contributed by atoms with van der Waals surface area (Å²) in [5, 5.41) is 8.99. The van der Waals surface area contributed by atoms with Crippen molar-refractivity contribution < 1.29 is 37.3 Å². The summed E-state index contributed by atoms with van der Waals surface area (Å²) in [6.45, 7) is 0.242. The molecule has 6 nitrogen and oxygen atoms in total. The smallest absolute Gasteiger partial charge is 0.332 e. The molecule has 2 aromatic rings. The first-order valence-corrected chi connectivity index (χ1v) is 12.1. The quantitative estimate of drug-likeness (QED) is 0.362. The van der Waals surface area contributed by atoms with Crippen LogP contribution in [0.15, 0.2) is 96.4 Å². The lowest BCUT2D eigenvalue weighted by Gasteiger charge is -2.24. The Morgan fingerprint density at radius 1 is 1.11 bits per heavy atom. The Morgan fingerprint density at radius 3 is 2.45 bits per heavy atom. The standard InChI is InChI=1S/C29H28F3NO5/c1-33(17-28(34)35)16-15-25(21-7-11-23(30)12-8-21)38-24-13-9-22(10-14-24)29(31,32)27-19-36-26(18-37-27)20-5-3-2-4-6-20/h2-3,5,7-14,18-19,25H,4,6,15-17H2,1H3,(H,34,35). The highest BCUT2D eigenvalue weighted by Gasteiger charge is 2.40. The van der Waals surface area contributed by atoms with Crippen molar-refractivity contribution in [2.75, 3.05) is 20.1 Å². The van der Waals surface area contributed by atoms with Crippen molar-refractivity contribution in [2.24, 2.45) is 0 Å². The Kier molecular flexibility index (Phi) is 8.58. The van der Waals surface area contributed by atoms with Crippen molar-refractivity contribution in [1.82, 2.24) is 4.90 Å². The number of hydrogen-bond acceptors (Lipinski definition) is 5. The minimum absolute atomic E-state index is 0.146. The van der Waals surface area contributed by atoms with Gasteiger partial charge in [0.1, 0.15) is 30.2 Å². The summed E-state index contributed by atoms with van der Waals surface area (Å²) in [6, 6.07) is 11.1. The van der Waals surface area contributed by atoms with E-state index >= 15 is 8.78 Å². The van der Waals surface area contributed by atoms with Crippen molar-refractivity contribution in [1.29, 1.82) is 0 Å². The van der Waals surface area contributed by atoms with Gasteiger partial charge in [-0.05, 0) is 67.4 Å². The monoisotopic (exact) mass is 527 g/mol. The number of hydrogen-bond donors (Lipinski definition) is 1. The highest BCUT2D eigenvalue weighted by Crippen LogP contribution is 2.40. The van der Waals surface area contributed by atoms with Gasteiger partial charge in [-0.25, -0.2) is 4.39 Å². The molecule has 0 saturated carbocycles. The van der Waals surface area contributed by atoms with Gasteiger partial charge in [-0.15, -0.1) is 0 Å². The number of rotatable bonds is 11. The van der Waals surface area contributed by atoms with Gasteiger partial charge in [-0.3, -0.25) is 9.69 Å². The Labute approximate surface area is 218 Å². The van der Waals surface area contributed by atoms with E-state index in [1.807, 2.05) is 18.2 Å². The zero-order valence-electron chi connectivity index (χ0n) is 20.8. The minimum Gasteiger partial charge on any atom is -0.486 e. The fourth-order valence-electron chi connectivity index (χ4n) is 4.06. The summed E-state index contributed by atoms with van der Waals surface area (Å²) in [5.41, 5.74) is 1.24. The summed E-state index contributed by atoms with van der Waals surface area (Å²) in [4.78, 5) is 12.6. The van der Waals surface area contributed by atoms with Gasteiger partial charge in [0.15, 0.2) is 5.76 Å². The number of allylic oxidation sites excluding steroid dienone is 5. The van der Waals surface area contributed by atoms with Crippen LogP contribution in [0.25, 0.3) is 0 Å². The van der Waals surface area contributed by atoms with E-state index in [0.29, 0.717) is 30.0 Å². The van der Waals surface area contributed by atoms with Crippen LogP contribution < -0.4 is 4.74 Å². The second kappa shape index (κ2) is 12.0. The van der Waals surface area contributed by atoms with E-state index in [1.165, 1.54) is 42.7 Å². The van der Waals surface area contributed by atoms with Crippen LogP contribution in [-0.2, 0) is 20.2 Å². The van der Waals surface area contributed by atoms with Gasteiger partial charge < -0.3 is 19.3 Å². The average molecular weight is 528 g/mol. The van der Waals surface area contributed by atoms with Crippen molar-refractivity contribution >= 4 is 5.97 Å². The van der Waals surface area contributed by atoms with Gasteiger partial charge in [0.2, 0.25) is 5.76 Å². The van der Waals surface area contributed by atoms with E-state index < -0.39 is 29.6 Å². The van der Waals surface area contributed by atoms with Crippen LogP contribution in [-0.4, -0.2) is 36.1 Å². The van der Waals surface area contributed by atoms with Crippen molar-refractivity contribution in [3.63, 3.8) is 0 Å². The van der Waals surface area contributed by atoms with Gasteiger partial charge in [0.05, 0.1) is 6.54 Å². The van der Waals surface area contributed by atoms with E-state index in [0.717, 1.165) is 24.7 Å². The second-order valence-corrected chi connectivity index (χ2v) is 9.04. The SMILES string of the molecule is CN(CCC(Oc1ccc(C(F)(F)C2=COC(C3=CC=CCC3)=CO2)cc1)c1ccc(F)cc1)CC(=O)O. The van der Waals surface area contributed by atoms with E-state index in [1.54, 1.807) is 24.1 Å². The molecule has 0 spiro atoms. The van der Waals surface area contributed by atoms with Crippen LogP contribution in [0.5, 0.6) is 5.75 Å². The molecule has 2 aromatic carbocycles. The van der Waals surface area contributed by atoms with Crippen LogP contribution >= 0.6 is 0 Å². The molecular weight excluding hydrogens is 499 g/mol. The first-order chi connectivity index (χ1) is 18.2. The van der Waals surface area contributed by atoms with E-state index in [2.05, 4.69) is 0 Å². The molecule has 0 amide bonds. The zero-order valence-corrected chi connectivity index (χ0v) is 20.8. The minimum atomic E-state index is -3.45. The third kappa shape index (κ3) is 6.86. The summed E-state index contributed by atoms with van der Waals surface area (Å²) in [5.74, 6) is -4.71. The molecule has 0 saturated heterocycles. The predicted molar refractivity (Wildman–Crippen MR) is 135 cm³/mol. The summed E-state index contributed by atoms with van der Waals surface area (Å²) >= 11 is 0. The molecule has 0 bridgehead atoms. The number of likely N-dealkylation sites (N-methyl/N-ethyl adjacent to an activating group) is 1. The summed E-state index contributed by atoms with van der Waals surface area (Å²) in [7, 11) is 1.67. The Morgan fingerprint density at radius 2 is 1.84 bits per heavy atom. The highest BCUT2D eigenvalue weighted by molar-refractivity contribution is 5.69. The van der Waals surface area contributed by atoms with Crippen molar-refractivity contribution in [3.05, 3.63) is 113 Å². The van der Waals surface area contributed by atoms with Gasteiger partial charge in [0.25, 0.3) is 0 Å². The van der Waals surface area contributed by atoms with Crippen LogP contribution in [0.4, 0.5) is 13.2 Å². The number of benzene rings is 2. The van der Waals surface area contributed by atoms with E-state index in [4.69, 9.17) is 19.3 Å². The lowest BCUT2D eigenvalue weighted by molar-refractivity contribution is -0.138. The normalized spacial score (nSPS) is 16.1. The molecule has 2 aliphatic rings. The summed E-state index contributed by atoms with van der Waals surface area (Å²) < 4.78 is 60.5. The maximum atomic E-state index is 15.2. The predicted octanol–water partition coefficient (Wildman–Crippen LogP) is 6.45. The lowest BCUT2D eigenvalue weighted by atomic mass is 10.0. The maximum Gasteiger partial charge on any atom is 0.332 e. The third-order valence-electron chi connectivity index (χ3n) is 6.14. The average Bonchev–Trinajstić information content (AvgIpc) is 2.92. The first kappa shape index (κ1) is 27.1. The molecule has 0 aromatic heterocycles. The molecule has 0 radical (unpaired) electrons. The molecule has 1 heterocycles. The Bertz CT molecular complexity index is 1250. The molecule has 1 aliphatic carbocycles. The molecule has 200 valence electrons. The van der Waals surface area contributed by atoms with Crippen LogP contribution in [0.3, 0.4) is 0 Å². The molecule has 9 heteroatoms. The number of carbonyl (C=O) groups is 1. The molecule has 1 unspecified atom stereocenters. The summed E-state index contributed by atoms with van der Waals surface area (Å²) in [6.07, 6.45) is 9.30. The number of carboxylic acids is 1. The third-order valence-corrected chi connectivity index (χ3v) is 6.14. The van der Waals surface area contributed by atoms with Crippen LogP contribution in [0.1, 0.15) is 36.5 Å². The van der Waals surface area contributed by atoms with Crippen molar-refractivity contribution in [3.8, 4) is 5.75 Å². The molecule has 0 fully saturated rings. The highest BCUT2D eigenvalue weighted by atomic mass is 19.3. The number of ether oxygens (including phenoxy) is 3. The largest absolute Gasteiger partial charge is 0.486 e. The fraction of sp³-hybridized carbons (Fsp3) is 0.276. The number of nitrogens with zero attached hydrogens (tertiary/aromatic N) is 1. The van der Waals surface area contributed by atoms with Gasteiger partial charge in [-0.1, -0.05) is 30.4 Å². The van der Waals surface area contributed by atoms with E-state index in [-0.39, 0.29) is 12.1 Å². The lowest BCUT2D eigenvalue weighted by Crippen LogP contribution is -2.28. The topological polar surface area (TPSA) is 68.2 Å². The first-order valence-electron chi connectivity index (χ1n) is 12.1.